The van der Waals surface area contributed by atoms with Crippen LogP contribution in [0.3, 0.4) is 0 Å². The third-order valence-corrected chi connectivity index (χ3v) is 2.78. The van der Waals surface area contributed by atoms with Gasteiger partial charge in [-0.05, 0) is 36.4 Å². The van der Waals surface area contributed by atoms with Crippen molar-refractivity contribution in [2.24, 2.45) is 0 Å². The average molecular weight is 220 g/mol. The summed E-state index contributed by atoms with van der Waals surface area (Å²) < 4.78 is 2.24. The molecule has 0 aliphatic heterocycles. The van der Waals surface area contributed by atoms with Crippen LogP contribution in [0.25, 0.3) is 10.9 Å². The lowest BCUT2D eigenvalue weighted by molar-refractivity contribution is 0.671. The number of fused-ring (bicyclic) bond motifs is 1. The van der Waals surface area contributed by atoms with Crippen molar-refractivity contribution in [3.05, 3.63) is 48.1 Å². The van der Waals surface area contributed by atoms with Crippen LogP contribution in [0.4, 0.5) is 0 Å². The first-order valence-electron chi connectivity index (χ1n) is 5.16. The first kappa shape index (κ1) is 10.3. The van der Waals surface area contributed by atoms with Gasteiger partial charge < -0.3 is 4.57 Å². The zero-order valence-electron chi connectivity index (χ0n) is 8.62. The molecule has 0 aliphatic rings. The summed E-state index contributed by atoms with van der Waals surface area (Å²) in [5.41, 5.74) is 1.21. The largest absolute Gasteiger partial charge is 0.347 e. The van der Waals surface area contributed by atoms with Crippen LogP contribution in [-0.2, 0) is 6.54 Å². The molecule has 0 N–H and O–H groups in total. The lowest BCUT2D eigenvalue weighted by Crippen LogP contribution is -1.94. The molecule has 1 nitrogen and oxygen atoms in total. The number of allylic oxidation sites excluding steroid dienone is 1. The van der Waals surface area contributed by atoms with Crippen LogP contribution in [0, 0.1) is 0 Å². The Hall–Kier alpha value is -1.21. The second-order valence-electron chi connectivity index (χ2n) is 3.64. The van der Waals surface area contributed by atoms with Gasteiger partial charge in [0.1, 0.15) is 0 Å². The number of hydrogen-bond acceptors (Lipinski definition) is 0. The molecular formula is C13H14ClN. The van der Waals surface area contributed by atoms with Gasteiger partial charge in [-0.3, -0.25) is 0 Å². The molecule has 0 bridgehead atoms. The Bertz CT molecular complexity index is 470. The molecule has 15 heavy (non-hydrogen) atoms. The highest BCUT2D eigenvalue weighted by molar-refractivity contribution is 6.31. The molecule has 0 fully saturated rings. The maximum Gasteiger partial charge on any atom is 0.0495 e. The molecule has 0 spiro atoms. The number of benzene rings is 1. The molecule has 2 rings (SSSR count). The third kappa shape index (κ3) is 2.24. The molecule has 0 amide bonds. The van der Waals surface area contributed by atoms with Crippen LogP contribution in [0.1, 0.15) is 12.8 Å². The van der Waals surface area contributed by atoms with Crippen LogP contribution in [0.15, 0.2) is 43.1 Å². The second-order valence-corrected chi connectivity index (χ2v) is 4.08. The minimum Gasteiger partial charge on any atom is -0.347 e. The van der Waals surface area contributed by atoms with Gasteiger partial charge in [-0.2, -0.15) is 0 Å². The van der Waals surface area contributed by atoms with Gasteiger partial charge in [0.05, 0.1) is 0 Å². The Morgan fingerprint density at radius 1 is 1.33 bits per heavy atom. The summed E-state index contributed by atoms with van der Waals surface area (Å²) in [7, 11) is 0. The Kier molecular flexibility index (Phi) is 3.12. The van der Waals surface area contributed by atoms with Crippen molar-refractivity contribution >= 4 is 22.5 Å². The zero-order chi connectivity index (χ0) is 10.7. The minimum absolute atomic E-state index is 0.797. The van der Waals surface area contributed by atoms with Gasteiger partial charge >= 0.3 is 0 Å². The van der Waals surface area contributed by atoms with Gasteiger partial charge in [-0.15, -0.1) is 6.58 Å². The van der Waals surface area contributed by atoms with Crippen LogP contribution < -0.4 is 0 Å². The van der Waals surface area contributed by atoms with Crippen molar-refractivity contribution in [2.75, 3.05) is 0 Å². The van der Waals surface area contributed by atoms with Gasteiger partial charge in [0, 0.05) is 23.3 Å². The van der Waals surface area contributed by atoms with Gasteiger partial charge in [0.15, 0.2) is 0 Å². The number of nitrogens with zero attached hydrogens (tertiary/aromatic N) is 1. The van der Waals surface area contributed by atoms with Crippen molar-refractivity contribution in [1.29, 1.82) is 0 Å². The maximum absolute atomic E-state index is 5.98. The molecule has 1 heterocycles. The van der Waals surface area contributed by atoms with E-state index in [0.29, 0.717) is 0 Å². The fourth-order valence-corrected chi connectivity index (χ4v) is 1.92. The first-order chi connectivity index (χ1) is 7.31. The first-order valence-corrected chi connectivity index (χ1v) is 5.54. The Morgan fingerprint density at radius 2 is 2.20 bits per heavy atom. The highest BCUT2D eigenvalue weighted by Crippen LogP contribution is 2.20. The fraction of sp³-hybridized carbons (Fsp3) is 0.231. The summed E-state index contributed by atoms with van der Waals surface area (Å²) in [6, 6.07) is 8.13. The van der Waals surface area contributed by atoms with Gasteiger partial charge in [0.2, 0.25) is 0 Å². The molecule has 0 atom stereocenters. The number of rotatable bonds is 4. The van der Waals surface area contributed by atoms with E-state index in [1.54, 1.807) is 0 Å². The molecule has 1 aromatic heterocycles. The number of aromatic nitrogens is 1. The van der Waals surface area contributed by atoms with Gasteiger partial charge in [-0.25, -0.2) is 0 Å². The fourth-order valence-electron chi connectivity index (χ4n) is 1.76. The predicted molar refractivity (Wildman–Crippen MR) is 66.4 cm³/mol. The number of halogens is 1. The van der Waals surface area contributed by atoms with E-state index in [4.69, 9.17) is 11.6 Å². The summed E-state index contributed by atoms with van der Waals surface area (Å²) in [5, 5.41) is 2.05. The quantitative estimate of drug-likeness (QED) is 0.535. The van der Waals surface area contributed by atoms with E-state index in [1.165, 1.54) is 10.9 Å². The van der Waals surface area contributed by atoms with E-state index >= 15 is 0 Å². The normalized spacial score (nSPS) is 10.7. The van der Waals surface area contributed by atoms with Crippen LogP contribution in [-0.4, -0.2) is 4.57 Å². The van der Waals surface area contributed by atoms with Crippen molar-refractivity contribution in [3.8, 4) is 0 Å². The predicted octanol–water partition coefficient (Wildman–Crippen LogP) is 4.26. The molecule has 0 aliphatic carbocycles. The van der Waals surface area contributed by atoms with Crippen LogP contribution in [0.5, 0.6) is 0 Å². The number of hydrogen-bond donors (Lipinski definition) is 0. The Morgan fingerprint density at radius 3 is 3.00 bits per heavy atom. The van der Waals surface area contributed by atoms with E-state index in [1.807, 2.05) is 18.2 Å². The molecule has 78 valence electrons. The smallest absolute Gasteiger partial charge is 0.0495 e. The molecule has 2 heteroatoms. The standard InChI is InChI=1S/C13H14ClN/c1-2-3-4-8-15-9-7-11-5-6-12(14)10-13(11)15/h2,5-7,9-10H,1,3-4,8H2. The zero-order valence-corrected chi connectivity index (χ0v) is 9.37. The molecule has 2 aromatic rings. The lowest BCUT2D eigenvalue weighted by atomic mass is 10.2. The monoisotopic (exact) mass is 219 g/mol. The van der Waals surface area contributed by atoms with Crippen LogP contribution in [0.2, 0.25) is 5.02 Å². The summed E-state index contributed by atoms with van der Waals surface area (Å²) in [6.07, 6.45) is 6.25. The van der Waals surface area contributed by atoms with E-state index in [0.717, 1.165) is 24.4 Å². The van der Waals surface area contributed by atoms with E-state index in [-0.39, 0.29) is 0 Å². The molecule has 0 saturated heterocycles. The minimum atomic E-state index is 0.797. The number of aryl methyl sites for hydroxylation is 1. The van der Waals surface area contributed by atoms with Gasteiger partial charge in [-0.1, -0.05) is 23.7 Å². The van der Waals surface area contributed by atoms with Crippen molar-refractivity contribution < 1.29 is 0 Å². The van der Waals surface area contributed by atoms with Crippen molar-refractivity contribution in [1.82, 2.24) is 4.57 Å². The van der Waals surface area contributed by atoms with E-state index in [9.17, 15) is 0 Å². The SMILES string of the molecule is C=CCCCn1ccc2ccc(Cl)cc21. The maximum atomic E-state index is 5.98. The lowest BCUT2D eigenvalue weighted by Gasteiger charge is -2.04. The highest BCUT2D eigenvalue weighted by atomic mass is 35.5. The highest BCUT2D eigenvalue weighted by Gasteiger charge is 2.00. The van der Waals surface area contributed by atoms with Crippen molar-refractivity contribution in [3.63, 3.8) is 0 Å². The molecule has 0 saturated carbocycles. The molecule has 0 radical (unpaired) electrons. The second kappa shape index (κ2) is 4.54. The topological polar surface area (TPSA) is 4.93 Å². The summed E-state index contributed by atoms with van der Waals surface area (Å²) in [6.45, 7) is 4.75. The summed E-state index contributed by atoms with van der Waals surface area (Å²) >= 11 is 5.98. The summed E-state index contributed by atoms with van der Waals surface area (Å²) in [5.74, 6) is 0. The van der Waals surface area contributed by atoms with E-state index in [2.05, 4.69) is 29.5 Å². The van der Waals surface area contributed by atoms with E-state index < -0.39 is 0 Å². The summed E-state index contributed by atoms with van der Waals surface area (Å²) in [4.78, 5) is 0. The molecule has 0 unspecified atom stereocenters. The average Bonchev–Trinajstić information content (AvgIpc) is 2.62. The van der Waals surface area contributed by atoms with Crippen LogP contribution >= 0.6 is 11.6 Å². The molecule has 1 aromatic carbocycles. The Labute approximate surface area is 95.0 Å². The molecular weight excluding hydrogens is 206 g/mol. The van der Waals surface area contributed by atoms with Crippen molar-refractivity contribution in [2.45, 2.75) is 19.4 Å². The van der Waals surface area contributed by atoms with Gasteiger partial charge in [0.25, 0.3) is 0 Å². The Balaban J connectivity index is 2.27. The third-order valence-electron chi connectivity index (χ3n) is 2.54. The number of unbranched alkanes of at least 4 members (excludes halogenated alkanes) is 1.